The fraction of sp³-hybridized carbons (Fsp3) is 0.158. The summed E-state index contributed by atoms with van der Waals surface area (Å²) in [6.45, 7) is 2.07. The molecular formula is C19H17NO5. The van der Waals surface area contributed by atoms with E-state index in [4.69, 9.17) is 13.9 Å². The fourth-order valence-corrected chi connectivity index (χ4v) is 2.28. The van der Waals surface area contributed by atoms with Crippen LogP contribution < -0.4 is 10.1 Å². The van der Waals surface area contributed by atoms with E-state index in [1.165, 1.54) is 0 Å². The first-order valence-corrected chi connectivity index (χ1v) is 7.84. The molecule has 6 nitrogen and oxygen atoms in total. The van der Waals surface area contributed by atoms with Crippen molar-refractivity contribution in [2.24, 2.45) is 0 Å². The molecule has 0 bridgehead atoms. The van der Waals surface area contributed by atoms with Gasteiger partial charge < -0.3 is 19.2 Å². The number of ether oxygens (including phenoxy) is 2. The van der Waals surface area contributed by atoms with Crippen LogP contribution in [0.5, 0.6) is 5.75 Å². The lowest BCUT2D eigenvalue weighted by Gasteiger charge is -2.07. The molecule has 0 saturated heterocycles. The highest BCUT2D eigenvalue weighted by Crippen LogP contribution is 2.19. The van der Waals surface area contributed by atoms with Crippen molar-refractivity contribution < 1.29 is 23.5 Å². The van der Waals surface area contributed by atoms with Gasteiger partial charge in [-0.25, -0.2) is 4.79 Å². The number of hydrogen-bond donors (Lipinski definition) is 1. The average molecular weight is 339 g/mol. The molecule has 0 aliphatic rings. The Labute approximate surface area is 144 Å². The number of rotatable bonds is 6. The predicted octanol–water partition coefficient (Wildman–Crippen LogP) is 3.63. The third-order valence-electron chi connectivity index (χ3n) is 3.41. The van der Waals surface area contributed by atoms with Gasteiger partial charge in [-0.1, -0.05) is 18.2 Å². The molecule has 2 aromatic carbocycles. The molecular weight excluding hydrogens is 322 g/mol. The number of carbonyl (C=O) groups is 2. The lowest BCUT2D eigenvalue weighted by Crippen LogP contribution is -2.20. The maximum absolute atomic E-state index is 12.0. The molecule has 6 heteroatoms. The van der Waals surface area contributed by atoms with Gasteiger partial charge in [0.15, 0.2) is 6.61 Å². The molecule has 3 aromatic rings. The molecule has 3 rings (SSSR count). The maximum Gasteiger partial charge on any atom is 0.374 e. The molecule has 128 valence electrons. The Morgan fingerprint density at radius 3 is 2.56 bits per heavy atom. The van der Waals surface area contributed by atoms with Crippen molar-refractivity contribution in [3.8, 4) is 5.75 Å². The minimum Gasteiger partial charge on any atom is -0.494 e. The highest BCUT2D eigenvalue weighted by molar-refractivity contribution is 5.96. The molecule has 0 saturated carbocycles. The topological polar surface area (TPSA) is 77.8 Å². The summed E-state index contributed by atoms with van der Waals surface area (Å²) in [6, 6.07) is 15.7. The van der Waals surface area contributed by atoms with Crippen LogP contribution in [0.15, 0.2) is 59.0 Å². The molecule has 0 unspecified atom stereocenters. The lowest BCUT2D eigenvalue weighted by molar-refractivity contribution is -0.119. The number of esters is 1. The van der Waals surface area contributed by atoms with Crippen LogP contribution in [0.3, 0.4) is 0 Å². The van der Waals surface area contributed by atoms with Crippen molar-refractivity contribution in [3.63, 3.8) is 0 Å². The van der Waals surface area contributed by atoms with Gasteiger partial charge in [-0.15, -0.1) is 0 Å². The summed E-state index contributed by atoms with van der Waals surface area (Å²) >= 11 is 0. The van der Waals surface area contributed by atoms with E-state index in [2.05, 4.69) is 5.32 Å². The van der Waals surface area contributed by atoms with Gasteiger partial charge in [0.05, 0.1) is 6.61 Å². The monoisotopic (exact) mass is 339 g/mol. The van der Waals surface area contributed by atoms with E-state index >= 15 is 0 Å². The van der Waals surface area contributed by atoms with Crippen molar-refractivity contribution >= 4 is 28.5 Å². The number of nitrogens with one attached hydrogen (secondary N) is 1. The predicted molar refractivity (Wildman–Crippen MR) is 92.7 cm³/mol. The van der Waals surface area contributed by atoms with E-state index in [1.807, 2.05) is 25.1 Å². The first-order valence-electron chi connectivity index (χ1n) is 7.84. The average Bonchev–Trinajstić information content (AvgIpc) is 3.06. The van der Waals surface area contributed by atoms with Gasteiger partial charge in [-0.05, 0) is 43.3 Å². The normalized spacial score (nSPS) is 10.4. The van der Waals surface area contributed by atoms with E-state index in [9.17, 15) is 9.59 Å². The van der Waals surface area contributed by atoms with Gasteiger partial charge in [0.2, 0.25) is 5.76 Å². The molecule has 0 spiro atoms. The van der Waals surface area contributed by atoms with E-state index in [0.717, 1.165) is 11.1 Å². The Bertz CT molecular complexity index is 849. The van der Waals surface area contributed by atoms with E-state index < -0.39 is 18.5 Å². The van der Waals surface area contributed by atoms with Crippen LogP contribution in [0, 0.1) is 0 Å². The third kappa shape index (κ3) is 4.17. The van der Waals surface area contributed by atoms with Crippen molar-refractivity contribution in [3.05, 3.63) is 60.4 Å². The summed E-state index contributed by atoms with van der Waals surface area (Å²) < 4.78 is 15.7. The highest BCUT2D eigenvalue weighted by atomic mass is 16.5. The zero-order chi connectivity index (χ0) is 17.6. The van der Waals surface area contributed by atoms with Gasteiger partial charge in [0.1, 0.15) is 11.3 Å². The largest absolute Gasteiger partial charge is 0.494 e. The highest BCUT2D eigenvalue weighted by Gasteiger charge is 2.15. The van der Waals surface area contributed by atoms with E-state index in [0.29, 0.717) is 17.9 Å². The van der Waals surface area contributed by atoms with Crippen LogP contribution in [-0.4, -0.2) is 25.1 Å². The first-order chi connectivity index (χ1) is 12.2. The SMILES string of the molecule is CCOc1ccc(NC(=O)COC(=O)c2cc3ccccc3o2)cc1. The third-order valence-corrected chi connectivity index (χ3v) is 3.41. The minimum absolute atomic E-state index is 0.0649. The number of carbonyl (C=O) groups excluding carboxylic acids is 2. The summed E-state index contributed by atoms with van der Waals surface area (Å²) in [6.07, 6.45) is 0. The number of para-hydroxylation sites is 1. The van der Waals surface area contributed by atoms with Gasteiger partial charge in [-0.3, -0.25) is 4.79 Å². The number of benzene rings is 2. The summed E-state index contributed by atoms with van der Waals surface area (Å²) in [7, 11) is 0. The summed E-state index contributed by atoms with van der Waals surface area (Å²) in [5.74, 6) is -0.335. The van der Waals surface area contributed by atoms with E-state index in [1.54, 1.807) is 36.4 Å². The van der Waals surface area contributed by atoms with Crippen LogP contribution in [0.2, 0.25) is 0 Å². The molecule has 0 fully saturated rings. The second kappa shape index (κ2) is 7.53. The number of amides is 1. The van der Waals surface area contributed by atoms with Crippen LogP contribution in [0.25, 0.3) is 11.0 Å². The molecule has 1 N–H and O–H groups in total. The molecule has 1 amide bonds. The van der Waals surface area contributed by atoms with E-state index in [-0.39, 0.29) is 5.76 Å². The number of fused-ring (bicyclic) bond motifs is 1. The summed E-state index contributed by atoms with van der Waals surface area (Å²) in [5.41, 5.74) is 1.18. The number of anilines is 1. The molecule has 1 aromatic heterocycles. The zero-order valence-electron chi connectivity index (χ0n) is 13.7. The number of furan rings is 1. The quantitative estimate of drug-likeness (QED) is 0.694. The molecule has 0 radical (unpaired) electrons. The van der Waals surface area contributed by atoms with Gasteiger partial charge >= 0.3 is 5.97 Å². The minimum atomic E-state index is -0.682. The fourth-order valence-electron chi connectivity index (χ4n) is 2.28. The van der Waals surface area contributed by atoms with Crippen LogP contribution in [-0.2, 0) is 9.53 Å². The summed E-state index contributed by atoms with van der Waals surface area (Å²) in [5, 5.41) is 3.44. The van der Waals surface area contributed by atoms with Crippen LogP contribution in [0.4, 0.5) is 5.69 Å². The summed E-state index contributed by atoms with van der Waals surface area (Å²) in [4.78, 5) is 23.9. The molecule has 0 aliphatic heterocycles. The Balaban J connectivity index is 1.53. The van der Waals surface area contributed by atoms with Crippen molar-refractivity contribution in [1.82, 2.24) is 0 Å². The second-order valence-corrected chi connectivity index (χ2v) is 5.23. The number of hydrogen-bond acceptors (Lipinski definition) is 5. The van der Waals surface area contributed by atoms with Gasteiger partial charge in [0, 0.05) is 11.1 Å². The maximum atomic E-state index is 12.0. The smallest absolute Gasteiger partial charge is 0.374 e. The van der Waals surface area contributed by atoms with Gasteiger partial charge in [-0.2, -0.15) is 0 Å². The Morgan fingerprint density at radius 1 is 1.08 bits per heavy atom. The molecule has 0 aliphatic carbocycles. The zero-order valence-corrected chi connectivity index (χ0v) is 13.7. The standard InChI is InChI=1S/C19H17NO5/c1-2-23-15-9-7-14(8-10-15)20-18(21)12-24-19(22)17-11-13-5-3-4-6-16(13)25-17/h3-11H,2,12H2,1H3,(H,20,21). The molecule has 0 atom stereocenters. The van der Waals surface area contributed by atoms with Crippen molar-refractivity contribution in [2.75, 3.05) is 18.5 Å². The second-order valence-electron chi connectivity index (χ2n) is 5.23. The first kappa shape index (κ1) is 16.6. The van der Waals surface area contributed by atoms with Gasteiger partial charge in [0.25, 0.3) is 5.91 Å². The lowest BCUT2D eigenvalue weighted by atomic mass is 10.2. The Hall–Kier alpha value is -3.28. The van der Waals surface area contributed by atoms with Crippen LogP contribution in [0.1, 0.15) is 17.5 Å². The Morgan fingerprint density at radius 2 is 1.84 bits per heavy atom. The van der Waals surface area contributed by atoms with Crippen LogP contribution >= 0.6 is 0 Å². The molecule has 25 heavy (non-hydrogen) atoms. The molecule has 1 heterocycles. The van der Waals surface area contributed by atoms with Crippen molar-refractivity contribution in [2.45, 2.75) is 6.92 Å². The van der Waals surface area contributed by atoms with Crippen molar-refractivity contribution in [1.29, 1.82) is 0 Å². The Kier molecular flexibility index (Phi) is 4.99.